The maximum absolute atomic E-state index is 12.6. The number of nitrogens with zero attached hydrogens (tertiary/aromatic N) is 2. The zero-order valence-corrected chi connectivity index (χ0v) is 16.4. The molecule has 4 rings (SSSR count). The summed E-state index contributed by atoms with van der Waals surface area (Å²) in [6.45, 7) is 1.77. The first-order chi connectivity index (χ1) is 14.1. The van der Waals surface area contributed by atoms with Crippen molar-refractivity contribution in [2.45, 2.75) is 13.5 Å². The van der Waals surface area contributed by atoms with Gasteiger partial charge in [0.1, 0.15) is 11.5 Å². The number of thiazole rings is 1. The van der Waals surface area contributed by atoms with Crippen LogP contribution in [0.2, 0.25) is 0 Å². The van der Waals surface area contributed by atoms with Gasteiger partial charge >= 0.3 is 0 Å². The van der Waals surface area contributed by atoms with E-state index in [9.17, 15) is 9.59 Å². The number of hydrogen-bond acceptors (Lipinski definition) is 5. The summed E-state index contributed by atoms with van der Waals surface area (Å²) in [4.78, 5) is 28.0. The molecule has 2 amide bonds. The van der Waals surface area contributed by atoms with Crippen molar-refractivity contribution in [3.05, 3.63) is 77.6 Å². The Labute approximate surface area is 171 Å². The van der Waals surface area contributed by atoms with Crippen LogP contribution in [0.5, 0.6) is 0 Å². The van der Waals surface area contributed by atoms with Gasteiger partial charge < -0.3 is 14.3 Å². The summed E-state index contributed by atoms with van der Waals surface area (Å²) < 4.78 is 7.63. The zero-order chi connectivity index (χ0) is 20.2. The van der Waals surface area contributed by atoms with Gasteiger partial charge in [-0.1, -0.05) is 6.07 Å². The second-order valence-corrected chi connectivity index (χ2v) is 7.17. The van der Waals surface area contributed by atoms with Gasteiger partial charge in [-0.05, 0) is 42.5 Å². The Balaban J connectivity index is 1.45. The van der Waals surface area contributed by atoms with Gasteiger partial charge in [-0.15, -0.1) is 11.3 Å². The lowest BCUT2D eigenvalue weighted by Gasteiger charge is -2.06. The normalized spacial score (nSPS) is 10.7. The number of rotatable bonds is 6. The molecule has 146 valence electrons. The maximum Gasteiger partial charge on any atom is 0.257 e. The second-order valence-electron chi connectivity index (χ2n) is 6.31. The first-order valence-corrected chi connectivity index (χ1v) is 9.80. The Morgan fingerprint density at radius 2 is 1.97 bits per heavy atom. The molecule has 0 unspecified atom stereocenters. The van der Waals surface area contributed by atoms with E-state index in [2.05, 4.69) is 15.6 Å². The number of furan rings is 1. The highest BCUT2D eigenvalue weighted by atomic mass is 32.1. The number of benzene rings is 1. The zero-order valence-electron chi connectivity index (χ0n) is 15.6. The Morgan fingerprint density at radius 3 is 2.76 bits per heavy atom. The number of amides is 2. The molecular formula is C21H18N4O3S. The van der Waals surface area contributed by atoms with Crippen molar-refractivity contribution in [3.63, 3.8) is 0 Å². The van der Waals surface area contributed by atoms with Crippen molar-refractivity contribution >= 4 is 28.3 Å². The molecule has 0 aliphatic carbocycles. The van der Waals surface area contributed by atoms with E-state index in [0.29, 0.717) is 34.5 Å². The molecule has 29 heavy (non-hydrogen) atoms. The van der Waals surface area contributed by atoms with Gasteiger partial charge in [0.25, 0.3) is 5.91 Å². The fraction of sp³-hybridized carbons (Fsp3) is 0.0952. The minimum atomic E-state index is -0.231. The molecule has 0 radical (unpaired) electrons. The molecule has 0 spiro atoms. The topological polar surface area (TPSA) is 89.2 Å². The van der Waals surface area contributed by atoms with Gasteiger partial charge in [-0.2, -0.15) is 0 Å². The average Bonchev–Trinajstić information content (AvgIpc) is 3.47. The van der Waals surface area contributed by atoms with Crippen molar-refractivity contribution in [1.82, 2.24) is 14.9 Å². The Hall–Kier alpha value is -3.65. The monoisotopic (exact) mass is 406 g/mol. The summed E-state index contributed by atoms with van der Waals surface area (Å²) in [5, 5.41) is 7.80. The lowest BCUT2D eigenvalue weighted by atomic mass is 10.2. The number of aromatic nitrogens is 2. The van der Waals surface area contributed by atoms with Crippen LogP contribution in [-0.4, -0.2) is 21.4 Å². The molecule has 1 aromatic carbocycles. The highest BCUT2D eigenvalue weighted by Crippen LogP contribution is 2.27. The third-order valence-corrected chi connectivity index (χ3v) is 4.92. The average molecular weight is 406 g/mol. The van der Waals surface area contributed by atoms with Crippen molar-refractivity contribution in [2.24, 2.45) is 0 Å². The summed E-state index contributed by atoms with van der Waals surface area (Å²) in [5.74, 6) is 0.862. The van der Waals surface area contributed by atoms with E-state index in [4.69, 9.17) is 4.42 Å². The Kier molecular flexibility index (Phi) is 5.26. The molecule has 4 aromatic rings. The van der Waals surface area contributed by atoms with E-state index >= 15 is 0 Å². The summed E-state index contributed by atoms with van der Waals surface area (Å²) in [6, 6.07) is 14.8. The van der Waals surface area contributed by atoms with Gasteiger partial charge in [0.05, 0.1) is 6.54 Å². The van der Waals surface area contributed by atoms with E-state index in [0.717, 1.165) is 5.69 Å². The summed E-state index contributed by atoms with van der Waals surface area (Å²) in [7, 11) is 0. The molecule has 0 atom stereocenters. The number of hydrogen-bond donors (Lipinski definition) is 2. The molecule has 3 heterocycles. The highest BCUT2D eigenvalue weighted by Gasteiger charge is 2.13. The number of anilines is 1. The number of nitrogens with one attached hydrogen (secondary N) is 2. The molecule has 0 aliphatic rings. The molecule has 0 saturated carbocycles. The largest absolute Gasteiger partial charge is 0.458 e. The van der Waals surface area contributed by atoms with Crippen LogP contribution in [-0.2, 0) is 11.3 Å². The minimum absolute atomic E-state index is 0.123. The molecule has 3 aromatic heterocycles. The maximum atomic E-state index is 12.6. The molecule has 0 saturated heterocycles. The minimum Gasteiger partial charge on any atom is -0.458 e. The van der Waals surface area contributed by atoms with Crippen LogP contribution in [0.25, 0.3) is 17.1 Å². The van der Waals surface area contributed by atoms with Gasteiger partial charge in [-0.3, -0.25) is 14.9 Å². The summed E-state index contributed by atoms with van der Waals surface area (Å²) in [6.07, 6.45) is 3.85. The molecule has 0 aliphatic heterocycles. The SMILES string of the molecule is CC(=O)NCc1ccc(-c2csc(NC(=O)c3cccc(-n4cccc4)c3)n2)o1. The van der Waals surface area contributed by atoms with Crippen LogP contribution < -0.4 is 10.6 Å². The molecule has 0 fully saturated rings. The number of carbonyl (C=O) groups is 2. The molecule has 7 nitrogen and oxygen atoms in total. The van der Waals surface area contributed by atoms with Gasteiger partial charge in [0.2, 0.25) is 5.91 Å². The molecular weight excluding hydrogens is 388 g/mol. The van der Waals surface area contributed by atoms with Gasteiger partial charge in [0.15, 0.2) is 10.9 Å². The van der Waals surface area contributed by atoms with Crippen LogP contribution in [0.1, 0.15) is 23.0 Å². The highest BCUT2D eigenvalue weighted by molar-refractivity contribution is 7.14. The molecule has 0 bridgehead atoms. The van der Waals surface area contributed by atoms with Crippen molar-refractivity contribution in [1.29, 1.82) is 0 Å². The molecule has 2 N–H and O–H groups in total. The second kappa shape index (κ2) is 8.15. The van der Waals surface area contributed by atoms with E-state index in [1.807, 2.05) is 52.7 Å². The smallest absolute Gasteiger partial charge is 0.257 e. The predicted octanol–water partition coefficient (Wildman–Crippen LogP) is 4.08. The van der Waals surface area contributed by atoms with Crippen LogP contribution in [0.4, 0.5) is 5.13 Å². The Bertz CT molecular complexity index is 1140. The third kappa shape index (κ3) is 4.44. The van der Waals surface area contributed by atoms with Crippen molar-refractivity contribution in [3.8, 4) is 17.1 Å². The van der Waals surface area contributed by atoms with Gasteiger partial charge in [-0.25, -0.2) is 4.98 Å². The van der Waals surface area contributed by atoms with E-state index in [-0.39, 0.29) is 11.8 Å². The standard InChI is InChI=1S/C21H18N4O3S/c1-14(26)22-12-17-7-8-19(28-17)18-13-29-21(23-18)24-20(27)15-5-4-6-16(11-15)25-9-2-3-10-25/h2-11,13H,12H2,1H3,(H,22,26)(H,23,24,27). The summed E-state index contributed by atoms with van der Waals surface area (Å²) in [5.41, 5.74) is 2.08. The van der Waals surface area contributed by atoms with Crippen LogP contribution in [0.15, 0.2) is 70.7 Å². The lowest BCUT2D eigenvalue weighted by Crippen LogP contribution is -2.18. The lowest BCUT2D eigenvalue weighted by molar-refractivity contribution is -0.119. The van der Waals surface area contributed by atoms with Crippen LogP contribution in [0, 0.1) is 0 Å². The predicted molar refractivity (Wildman–Crippen MR) is 111 cm³/mol. The third-order valence-electron chi connectivity index (χ3n) is 4.16. The molecule has 8 heteroatoms. The fourth-order valence-electron chi connectivity index (χ4n) is 2.75. The summed E-state index contributed by atoms with van der Waals surface area (Å²) >= 11 is 1.32. The van der Waals surface area contributed by atoms with E-state index in [1.54, 1.807) is 18.2 Å². The first-order valence-electron chi connectivity index (χ1n) is 8.92. The number of carbonyl (C=O) groups excluding carboxylic acids is 2. The van der Waals surface area contributed by atoms with Crippen molar-refractivity contribution in [2.75, 3.05) is 5.32 Å². The van der Waals surface area contributed by atoms with Gasteiger partial charge in [0, 0.05) is 35.9 Å². The fourth-order valence-corrected chi connectivity index (χ4v) is 3.44. The van der Waals surface area contributed by atoms with Crippen molar-refractivity contribution < 1.29 is 14.0 Å². The Morgan fingerprint density at radius 1 is 1.14 bits per heavy atom. The van der Waals surface area contributed by atoms with Crippen LogP contribution >= 0.6 is 11.3 Å². The van der Waals surface area contributed by atoms with Crippen LogP contribution in [0.3, 0.4) is 0 Å². The quantitative estimate of drug-likeness (QED) is 0.505. The van der Waals surface area contributed by atoms with E-state index < -0.39 is 0 Å². The van der Waals surface area contributed by atoms with E-state index in [1.165, 1.54) is 18.3 Å². The first kappa shape index (κ1) is 18.7.